The lowest BCUT2D eigenvalue weighted by molar-refractivity contribution is 0.102. The fourth-order valence-electron chi connectivity index (χ4n) is 2.54. The van der Waals surface area contributed by atoms with Gasteiger partial charge in [0.1, 0.15) is 11.5 Å². The number of nitrogens with zero attached hydrogens (tertiary/aromatic N) is 2. The molecule has 0 aliphatic heterocycles. The Hall–Kier alpha value is -3.21. The zero-order valence-electron chi connectivity index (χ0n) is 14.5. The second kappa shape index (κ2) is 7.13. The number of carbonyl (C=O) groups is 1. The van der Waals surface area contributed by atoms with E-state index in [0.29, 0.717) is 5.82 Å². The van der Waals surface area contributed by atoms with Crippen molar-refractivity contribution in [1.29, 1.82) is 0 Å². The van der Waals surface area contributed by atoms with Gasteiger partial charge in [0.25, 0.3) is 5.91 Å². The van der Waals surface area contributed by atoms with Gasteiger partial charge in [0.2, 0.25) is 0 Å². The van der Waals surface area contributed by atoms with Crippen LogP contribution in [0.1, 0.15) is 27.2 Å². The largest absolute Gasteiger partial charge is 0.339 e. The molecule has 0 unspecified atom stereocenters. The van der Waals surface area contributed by atoms with E-state index in [-0.39, 0.29) is 11.6 Å². The lowest BCUT2D eigenvalue weighted by Gasteiger charge is -2.08. The van der Waals surface area contributed by atoms with E-state index >= 15 is 0 Å². The summed E-state index contributed by atoms with van der Waals surface area (Å²) in [7, 11) is 0. The predicted octanol–water partition coefficient (Wildman–Crippen LogP) is 4.40. The fourth-order valence-corrected chi connectivity index (χ4v) is 2.54. The van der Waals surface area contributed by atoms with Gasteiger partial charge in [-0.1, -0.05) is 23.8 Å². The summed E-state index contributed by atoms with van der Waals surface area (Å²) in [6, 6.07) is 13.9. The summed E-state index contributed by atoms with van der Waals surface area (Å²) in [5, 5.41) is 6.01. The van der Waals surface area contributed by atoms with Gasteiger partial charge in [-0.15, -0.1) is 0 Å². The number of anilines is 3. The maximum atomic E-state index is 12.3. The molecule has 3 aromatic rings. The highest BCUT2D eigenvalue weighted by molar-refractivity contribution is 6.02. The Balaban J connectivity index is 1.68. The van der Waals surface area contributed by atoms with Crippen molar-refractivity contribution in [1.82, 2.24) is 9.97 Å². The van der Waals surface area contributed by atoms with Crippen LogP contribution in [-0.2, 0) is 0 Å². The van der Waals surface area contributed by atoms with Gasteiger partial charge in [0.15, 0.2) is 0 Å². The standard InChI is InChI=1S/C20H20N4O/c1-13-4-6-16(7-5-13)23-19-12-21-18(11-22-19)20(25)24-17-9-14(2)8-15(3)10-17/h4-12H,1-3H3,(H,22,23)(H,24,25). The molecule has 0 spiro atoms. The smallest absolute Gasteiger partial charge is 0.275 e. The van der Waals surface area contributed by atoms with E-state index in [1.54, 1.807) is 6.20 Å². The first-order chi connectivity index (χ1) is 12.0. The maximum Gasteiger partial charge on any atom is 0.275 e. The Morgan fingerprint density at radius 3 is 2.08 bits per heavy atom. The molecule has 2 aromatic carbocycles. The lowest BCUT2D eigenvalue weighted by atomic mass is 10.1. The average molecular weight is 332 g/mol. The molecule has 0 radical (unpaired) electrons. The van der Waals surface area contributed by atoms with Crippen LogP contribution in [0.4, 0.5) is 17.2 Å². The molecule has 1 amide bonds. The van der Waals surface area contributed by atoms with Crippen molar-refractivity contribution in [3.63, 3.8) is 0 Å². The van der Waals surface area contributed by atoms with E-state index in [9.17, 15) is 4.79 Å². The Labute approximate surface area is 147 Å². The molecular formula is C20H20N4O. The van der Waals surface area contributed by atoms with Crippen molar-refractivity contribution in [2.75, 3.05) is 10.6 Å². The number of nitrogens with one attached hydrogen (secondary N) is 2. The molecule has 0 aliphatic carbocycles. The highest BCUT2D eigenvalue weighted by Crippen LogP contribution is 2.16. The molecule has 5 nitrogen and oxygen atoms in total. The van der Waals surface area contributed by atoms with Crippen molar-refractivity contribution in [3.05, 3.63) is 77.2 Å². The molecule has 0 fully saturated rings. The molecule has 126 valence electrons. The molecule has 0 saturated carbocycles. The van der Waals surface area contributed by atoms with Gasteiger partial charge in [-0.2, -0.15) is 0 Å². The summed E-state index contributed by atoms with van der Waals surface area (Å²) >= 11 is 0. The van der Waals surface area contributed by atoms with Crippen LogP contribution in [0.3, 0.4) is 0 Å². The monoisotopic (exact) mass is 332 g/mol. The highest BCUT2D eigenvalue weighted by Gasteiger charge is 2.09. The van der Waals surface area contributed by atoms with Crippen LogP contribution in [0.2, 0.25) is 0 Å². The van der Waals surface area contributed by atoms with Crippen LogP contribution in [0.15, 0.2) is 54.9 Å². The van der Waals surface area contributed by atoms with Crippen molar-refractivity contribution < 1.29 is 4.79 Å². The topological polar surface area (TPSA) is 66.9 Å². The second-order valence-electron chi connectivity index (χ2n) is 6.11. The van der Waals surface area contributed by atoms with Crippen LogP contribution in [-0.4, -0.2) is 15.9 Å². The van der Waals surface area contributed by atoms with Gasteiger partial charge in [-0.3, -0.25) is 4.79 Å². The predicted molar refractivity (Wildman–Crippen MR) is 100 cm³/mol. The molecule has 0 bridgehead atoms. The molecular weight excluding hydrogens is 312 g/mol. The number of hydrogen-bond acceptors (Lipinski definition) is 4. The Morgan fingerprint density at radius 2 is 1.48 bits per heavy atom. The maximum absolute atomic E-state index is 12.3. The van der Waals surface area contributed by atoms with Gasteiger partial charge >= 0.3 is 0 Å². The van der Waals surface area contributed by atoms with E-state index in [1.165, 1.54) is 11.8 Å². The molecule has 3 rings (SSSR count). The van der Waals surface area contributed by atoms with Gasteiger partial charge in [0.05, 0.1) is 12.4 Å². The third-order valence-corrected chi connectivity index (χ3v) is 3.69. The van der Waals surface area contributed by atoms with Gasteiger partial charge in [-0.25, -0.2) is 9.97 Å². The van der Waals surface area contributed by atoms with Crippen molar-refractivity contribution in [3.8, 4) is 0 Å². The number of carbonyl (C=O) groups excluding carboxylic acids is 1. The summed E-state index contributed by atoms with van der Waals surface area (Å²) in [6.07, 6.45) is 3.02. The fraction of sp³-hybridized carbons (Fsp3) is 0.150. The Kier molecular flexibility index (Phi) is 4.75. The van der Waals surface area contributed by atoms with Gasteiger partial charge < -0.3 is 10.6 Å². The average Bonchev–Trinajstić information content (AvgIpc) is 2.56. The molecule has 2 N–H and O–H groups in total. The van der Waals surface area contributed by atoms with Gasteiger partial charge in [-0.05, 0) is 56.2 Å². The molecule has 0 saturated heterocycles. The van der Waals surface area contributed by atoms with Crippen molar-refractivity contribution in [2.45, 2.75) is 20.8 Å². The normalized spacial score (nSPS) is 10.4. The van der Waals surface area contributed by atoms with E-state index in [1.807, 2.05) is 57.2 Å². The van der Waals surface area contributed by atoms with E-state index < -0.39 is 0 Å². The van der Waals surface area contributed by atoms with Crippen molar-refractivity contribution >= 4 is 23.1 Å². The third-order valence-electron chi connectivity index (χ3n) is 3.69. The number of aryl methyl sites for hydroxylation is 3. The minimum atomic E-state index is -0.278. The second-order valence-corrected chi connectivity index (χ2v) is 6.11. The van der Waals surface area contributed by atoms with Gasteiger partial charge in [0, 0.05) is 11.4 Å². The quantitative estimate of drug-likeness (QED) is 0.743. The summed E-state index contributed by atoms with van der Waals surface area (Å²) in [5.41, 5.74) is 5.33. The number of amides is 1. The number of benzene rings is 2. The number of rotatable bonds is 4. The number of hydrogen-bond donors (Lipinski definition) is 2. The lowest BCUT2D eigenvalue weighted by Crippen LogP contribution is -2.14. The summed E-state index contributed by atoms with van der Waals surface area (Å²) in [6.45, 7) is 6.02. The van der Waals surface area contributed by atoms with Crippen LogP contribution in [0.5, 0.6) is 0 Å². The van der Waals surface area contributed by atoms with Crippen LogP contribution >= 0.6 is 0 Å². The van der Waals surface area contributed by atoms with Crippen LogP contribution in [0.25, 0.3) is 0 Å². The van der Waals surface area contributed by atoms with Crippen LogP contribution < -0.4 is 10.6 Å². The molecule has 0 aliphatic rings. The minimum absolute atomic E-state index is 0.272. The zero-order valence-corrected chi connectivity index (χ0v) is 14.5. The summed E-state index contributed by atoms with van der Waals surface area (Å²) in [4.78, 5) is 20.8. The van der Waals surface area contributed by atoms with E-state index in [2.05, 4.69) is 26.7 Å². The first kappa shape index (κ1) is 16.6. The summed E-state index contributed by atoms with van der Waals surface area (Å²) in [5.74, 6) is 0.311. The minimum Gasteiger partial charge on any atom is -0.339 e. The Morgan fingerprint density at radius 1 is 0.800 bits per heavy atom. The highest BCUT2D eigenvalue weighted by atomic mass is 16.1. The molecule has 0 atom stereocenters. The molecule has 1 aromatic heterocycles. The molecule has 5 heteroatoms. The molecule has 1 heterocycles. The Bertz CT molecular complexity index is 866. The third kappa shape index (κ3) is 4.41. The van der Waals surface area contributed by atoms with Crippen LogP contribution in [0, 0.1) is 20.8 Å². The first-order valence-electron chi connectivity index (χ1n) is 8.05. The van der Waals surface area contributed by atoms with Crippen molar-refractivity contribution in [2.24, 2.45) is 0 Å². The summed E-state index contributed by atoms with van der Waals surface area (Å²) < 4.78 is 0. The zero-order chi connectivity index (χ0) is 17.8. The first-order valence-corrected chi connectivity index (χ1v) is 8.05. The van der Waals surface area contributed by atoms with E-state index in [0.717, 1.165) is 22.5 Å². The van der Waals surface area contributed by atoms with E-state index in [4.69, 9.17) is 0 Å². The SMILES string of the molecule is Cc1ccc(Nc2cnc(C(=O)Nc3cc(C)cc(C)c3)cn2)cc1. The number of aromatic nitrogens is 2. The molecule has 25 heavy (non-hydrogen) atoms.